The summed E-state index contributed by atoms with van der Waals surface area (Å²) >= 11 is 7.76. The molecule has 0 bridgehead atoms. The monoisotopic (exact) mass is 353 g/mol. The van der Waals surface area contributed by atoms with Gasteiger partial charge in [0.1, 0.15) is 4.88 Å². The molecule has 0 unspecified atom stereocenters. The molecule has 6 heteroatoms. The molecule has 23 heavy (non-hydrogen) atoms. The summed E-state index contributed by atoms with van der Waals surface area (Å²) in [5.41, 5.74) is 0. The average Bonchev–Trinajstić information content (AvgIpc) is 3.09. The molecule has 2 heterocycles. The molecule has 0 radical (unpaired) electrons. The quantitative estimate of drug-likeness (QED) is 0.881. The minimum Gasteiger partial charge on any atom is -0.351 e. The molecule has 0 aliphatic carbocycles. The molecule has 1 fully saturated rings. The van der Waals surface area contributed by atoms with Crippen LogP contribution in [0.5, 0.6) is 0 Å². The van der Waals surface area contributed by atoms with Crippen molar-refractivity contribution in [1.29, 1.82) is 0 Å². The van der Waals surface area contributed by atoms with Gasteiger partial charge in [-0.25, -0.2) is 0 Å². The number of carbonyl (C=O) groups is 1. The molecule has 0 saturated carbocycles. The molecule has 124 valence electrons. The topological polar surface area (TPSA) is 47.6 Å². The molecule has 3 rings (SSSR count). The first-order chi connectivity index (χ1) is 11.0. The highest BCUT2D eigenvalue weighted by atomic mass is 35.5. The van der Waals surface area contributed by atoms with Gasteiger partial charge in [0.2, 0.25) is 0 Å². The van der Waals surface area contributed by atoms with E-state index in [1.165, 1.54) is 11.3 Å². The van der Waals surface area contributed by atoms with Gasteiger partial charge in [0.15, 0.2) is 5.79 Å². The van der Waals surface area contributed by atoms with Crippen molar-refractivity contribution >= 4 is 38.9 Å². The average molecular weight is 354 g/mol. The van der Waals surface area contributed by atoms with Gasteiger partial charge in [-0.1, -0.05) is 36.7 Å². The molecular weight excluding hydrogens is 334 g/mol. The van der Waals surface area contributed by atoms with E-state index in [-0.39, 0.29) is 11.8 Å². The van der Waals surface area contributed by atoms with Crippen molar-refractivity contribution in [3.8, 4) is 0 Å². The van der Waals surface area contributed by atoms with Gasteiger partial charge in [-0.2, -0.15) is 0 Å². The van der Waals surface area contributed by atoms with E-state index >= 15 is 0 Å². The van der Waals surface area contributed by atoms with Gasteiger partial charge in [0, 0.05) is 23.1 Å². The van der Waals surface area contributed by atoms with Crippen LogP contribution in [0.2, 0.25) is 5.02 Å². The van der Waals surface area contributed by atoms with E-state index in [1.54, 1.807) is 0 Å². The smallest absolute Gasteiger partial charge is 0.262 e. The Morgan fingerprint density at radius 3 is 2.78 bits per heavy atom. The van der Waals surface area contributed by atoms with Crippen LogP contribution >= 0.6 is 22.9 Å². The van der Waals surface area contributed by atoms with E-state index in [1.807, 2.05) is 31.2 Å². The van der Waals surface area contributed by atoms with Crippen LogP contribution in [0.3, 0.4) is 0 Å². The van der Waals surface area contributed by atoms with E-state index in [0.29, 0.717) is 29.7 Å². The van der Waals surface area contributed by atoms with Crippen LogP contribution in [0.1, 0.15) is 29.9 Å². The van der Waals surface area contributed by atoms with Crippen LogP contribution in [0.25, 0.3) is 10.1 Å². The maximum atomic E-state index is 12.4. The number of halogens is 1. The minimum atomic E-state index is -0.528. The normalized spacial score (nSPS) is 18.2. The molecule has 1 saturated heterocycles. The fourth-order valence-electron chi connectivity index (χ4n) is 2.89. The number of thiophene rings is 1. The molecule has 1 amide bonds. The highest BCUT2D eigenvalue weighted by Gasteiger charge is 2.32. The van der Waals surface area contributed by atoms with E-state index in [0.717, 1.165) is 16.5 Å². The van der Waals surface area contributed by atoms with E-state index in [9.17, 15) is 4.79 Å². The van der Waals surface area contributed by atoms with Crippen LogP contribution in [-0.4, -0.2) is 31.5 Å². The second kappa shape index (κ2) is 6.77. The maximum Gasteiger partial charge on any atom is 0.262 e. The minimum absolute atomic E-state index is 0.124. The summed E-state index contributed by atoms with van der Waals surface area (Å²) in [6.07, 6.45) is 0.743. The van der Waals surface area contributed by atoms with Gasteiger partial charge in [0.25, 0.3) is 5.91 Å². The number of fused-ring (bicyclic) bond motifs is 1. The molecular formula is C17H20ClNO3S. The summed E-state index contributed by atoms with van der Waals surface area (Å²) in [6, 6.07) is 7.78. The molecule has 4 nitrogen and oxygen atoms in total. The van der Waals surface area contributed by atoms with E-state index in [4.69, 9.17) is 21.1 Å². The lowest BCUT2D eigenvalue weighted by atomic mass is 10.0. The van der Waals surface area contributed by atoms with Crippen LogP contribution < -0.4 is 5.32 Å². The number of ether oxygens (including phenoxy) is 2. The molecule has 2 aromatic rings. The third-order valence-electron chi connectivity index (χ3n) is 3.97. The van der Waals surface area contributed by atoms with Gasteiger partial charge in [-0.05, 0) is 18.9 Å². The van der Waals surface area contributed by atoms with Crippen molar-refractivity contribution in [1.82, 2.24) is 5.32 Å². The summed E-state index contributed by atoms with van der Waals surface area (Å²) in [5, 5.41) is 4.43. The summed E-state index contributed by atoms with van der Waals surface area (Å²) in [7, 11) is 0. The molecule has 1 aromatic heterocycles. The number of benzene rings is 1. The van der Waals surface area contributed by atoms with Crippen LogP contribution in [-0.2, 0) is 9.47 Å². The second-order valence-corrected chi connectivity index (χ2v) is 7.52. The van der Waals surface area contributed by atoms with E-state index < -0.39 is 5.79 Å². The Balaban J connectivity index is 1.61. The number of rotatable bonds is 5. The molecule has 1 aliphatic heterocycles. The lowest BCUT2D eigenvalue weighted by Crippen LogP contribution is -2.34. The van der Waals surface area contributed by atoms with Crippen molar-refractivity contribution < 1.29 is 14.3 Å². The van der Waals surface area contributed by atoms with Gasteiger partial charge in [0.05, 0.1) is 18.2 Å². The molecule has 1 aromatic carbocycles. The summed E-state index contributed by atoms with van der Waals surface area (Å²) in [4.78, 5) is 13.0. The highest BCUT2D eigenvalue weighted by Crippen LogP contribution is 2.35. The van der Waals surface area contributed by atoms with Gasteiger partial charge in [-0.15, -0.1) is 11.3 Å². The van der Waals surface area contributed by atoms with Crippen LogP contribution in [0, 0.1) is 5.92 Å². The second-order valence-electron chi connectivity index (χ2n) is 6.09. The number of hydrogen-bond donors (Lipinski definition) is 1. The number of carbonyl (C=O) groups excluding carboxylic acids is 1. The number of hydrogen-bond acceptors (Lipinski definition) is 4. The van der Waals surface area contributed by atoms with Crippen molar-refractivity contribution in [2.45, 2.75) is 26.1 Å². The van der Waals surface area contributed by atoms with Crippen molar-refractivity contribution in [3.05, 3.63) is 34.2 Å². The zero-order valence-corrected chi connectivity index (χ0v) is 14.8. The molecule has 1 atom stereocenters. The van der Waals surface area contributed by atoms with Gasteiger partial charge >= 0.3 is 0 Å². The third-order valence-corrected chi connectivity index (χ3v) is 5.64. The summed E-state index contributed by atoms with van der Waals surface area (Å²) < 4.78 is 12.2. The SMILES string of the molecule is C[C@@H](CNC(=O)c1sc2ccccc2c1Cl)CC1(C)OCCO1. The zero-order chi connectivity index (χ0) is 16.4. The van der Waals surface area contributed by atoms with Gasteiger partial charge < -0.3 is 14.8 Å². The van der Waals surface area contributed by atoms with Crippen molar-refractivity contribution in [2.24, 2.45) is 5.92 Å². The third kappa shape index (κ3) is 3.69. The Hall–Kier alpha value is -1.14. The Morgan fingerprint density at radius 1 is 1.39 bits per heavy atom. The standard InChI is InChI=1S/C17H20ClNO3S/c1-11(9-17(2)21-7-8-22-17)10-19-16(20)15-14(18)12-5-3-4-6-13(12)23-15/h3-6,11H,7-10H2,1-2H3,(H,19,20)/t11-/m1/s1. The first-order valence-corrected chi connectivity index (χ1v) is 8.91. The predicted molar refractivity (Wildman–Crippen MR) is 93.3 cm³/mol. The number of amides is 1. The Kier molecular flexibility index (Phi) is 4.92. The lowest BCUT2D eigenvalue weighted by Gasteiger charge is -2.25. The Bertz CT molecular complexity index is 709. The molecule has 1 N–H and O–H groups in total. The van der Waals surface area contributed by atoms with Crippen molar-refractivity contribution in [2.75, 3.05) is 19.8 Å². The van der Waals surface area contributed by atoms with Gasteiger partial charge in [-0.3, -0.25) is 4.79 Å². The highest BCUT2D eigenvalue weighted by molar-refractivity contribution is 7.21. The summed E-state index contributed by atoms with van der Waals surface area (Å²) in [6.45, 7) is 5.84. The van der Waals surface area contributed by atoms with Crippen molar-refractivity contribution in [3.63, 3.8) is 0 Å². The molecule has 1 aliphatic rings. The number of nitrogens with one attached hydrogen (secondary N) is 1. The summed E-state index contributed by atoms with van der Waals surface area (Å²) in [5.74, 6) is -0.406. The largest absolute Gasteiger partial charge is 0.351 e. The fraction of sp³-hybridized carbons (Fsp3) is 0.471. The Labute approximate surface area is 144 Å². The first kappa shape index (κ1) is 16.7. The maximum absolute atomic E-state index is 12.4. The lowest BCUT2D eigenvalue weighted by molar-refractivity contribution is -0.153. The molecule has 0 spiro atoms. The fourth-order valence-corrected chi connectivity index (χ4v) is 4.32. The van der Waals surface area contributed by atoms with E-state index in [2.05, 4.69) is 12.2 Å². The zero-order valence-electron chi connectivity index (χ0n) is 13.2. The van der Waals surface area contributed by atoms with Crippen LogP contribution in [0.4, 0.5) is 0 Å². The predicted octanol–water partition coefficient (Wildman–Crippen LogP) is 4.07. The van der Waals surface area contributed by atoms with Crippen LogP contribution in [0.15, 0.2) is 24.3 Å². The first-order valence-electron chi connectivity index (χ1n) is 7.72. The Morgan fingerprint density at radius 2 is 2.09 bits per heavy atom.